The van der Waals surface area contributed by atoms with E-state index in [2.05, 4.69) is 10.3 Å². The molecule has 0 bridgehead atoms. The highest BCUT2D eigenvalue weighted by atomic mass is 35.5. The fraction of sp³-hybridized carbons (Fsp3) is 0.538. The second-order valence-corrected chi connectivity index (χ2v) is 5.88. The number of nitrogens with zero attached hydrogens (tertiary/aromatic N) is 1. The molecular formula is C13H17Cl2N3O4. The van der Waals surface area contributed by atoms with Gasteiger partial charge >= 0.3 is 6.09 Å². The highest BCUT2D eigenvalue weighted by Gasteiger charge is 2.33. The van der Waals surface area contributed by atoms with Crippen molar-refractivity contribution in [1.29, 1.82) is 0 Å². The molecule has 2 atom stereocenters. The lowest BCUT2D eigenvalue weighted by Gasteiger charge is -2.36. The molecule has 122 valence electrons. The fourth-order valence-electron chi connectivity index (χ4n) is 2.46. The van der Waals surface area contributed by atoms with E-state index in [-0.39, 0.29) is 23.3 Å². The van der Waals surface area contributed by atoms with Crippen molar-refractivity contribution in [3.63, 3.8) is 0 Å². The van der Waals surface area contributed by atoms with Gasteiger partial charge in [-0.1, -0.05) is 23.2 Å². The number of carboxylic acid groups (broad SMARTS) is 1. The second kappa shape index (κ2) is 6.76. The Bertz CT molecular complexity index is 590. The van der Waals surface area contributed by atoms with Crippen LogP contribution in [-0.2, 0) is 4.74 Å². The van der Waals surface area contributed by atoms with Crippen molar-refractivity contribution in [2.24, 2.45) is 0 Å². The third kappa shape index (κ3) is 3.31. The number of amides is 2. The minimum absolute atomic E-state index is 0.175. The predicted molar refractivity (Wildman–Crippen MR) is 81.8 cm³/mol. The number of piperidine rings is 1. The summed E-state index contributed by atoms with van der Waals surface area (Å²) in [5.74, 6) is -0.393. The Kier molecular flexibility index (Phi) is 5.20. The molecule has 0 spiro atoms. The van der Waals surface area contributed by atoms with E-state index in [1.54, 1.807) is 6.92 Å². The van der Waals surface area contributed by atoms with Crippen LogP contribution >= 0.6 is 23.2 Å². The molecule has 1 aliphatic rings. The molecule has 0 unspecified atom stereocenters. The normalized spacial score (nSPS) is 21.7. The summed E-state index contributed by atoms with van der Waals surface area (Å²) in [6.45, 7) is 2.25. The quantitative estimate of drug-likeness (QED) is 0.778. The van der Waals surface area contributed by atoms with Crippen LogP contribution in [0.25, 0.3) is 0 Å². The van der Waals surface area contributed by atoms with Gasteiger partial charge in [-0.15, -0.1) is 0 Å². The third-order valence-corrected chi connectivity index (χ3v) is 4.68. The zero-order chi connectivity index (χ0) is 16.4. The maximum atomic E-state index is 12.3. The minimum Gasteiger partial charge on any atom is -0.465 e. The number of nitrogens with one attached hydrogen (secondary N) is 2. The number of halogens is 2. The van der Waals surface area contributed by atoms with E-state index in [0.29, 0.717) is 23.7 Å². The van der Waals surface area contributed by atoms with Gasteiger partial charge in [0.2, 0.25) is 0 Å². The van der Waals surface area contributed by atoms with Crippen LogP contribution in [0.3, 0.4) is 0 Å². The van der Waals surface area contributed by atoms with Crippen molar-refractivity contribution >= 4 is 35.2 Å². The Morgan fingerprint density at radius 1 is 1.41 bits per heavy atom. The van der Waals surface area contributed by atoms with E-state index in [4.69, 9.17) is 33.0 Å². The van der Waals surface area contributed by atoms with Crippen molar-refractivity contribution in [2.75, 3.05) is 20.2 Å². The van der Waals surface area contributed by atoms with Crippen molar-refractivity contribution in [1.82, 2.24) is 15.2 Å². The number of hydrogen-bond acceptors (Lipinski definition) is 3. The number of carbonyl (C=O) groups excluding carboxylic acids is 1. The van der Waals surface area contributed by atoms with Crippen LogP contribution in [0.4, 0.5) is 4.79 Å². The van der Waals surface area contributed by atoms with Crippen molar-refractivity contribution < 1.29 is 19.4 Å². The van der Waals surface area contributed by atoms with E-state index in [1.807, 2.05) is 0 Å². The topological polar surface area (TPSA) is 94.7 Å². The van der Waals surface area contributed by atoms with Gasteiger partial charge in [0, 0.05) is 19.3 Å². The molecule has 0 aliphatic carbocycles. The van der Waals surface area contributed by atoms with Gasteiger partial charge in [-0.05, 0) is 13.3 Å². The molecule has 1 aromatic rings. The van der Waals surface area contributed by atoms with Gasteiger partial charge in [0.1, 0.15) is 5.69 Å². The number of hydrogen-bond donors (Lipinski definition) is 3. The zero-order valence-corrected chi connectivity index (χ0v) is 13.7. The van der Waals surface area contributed by atoms with Crippen LogP contribution in [-0.4, -0.2) is 59.3 Å². The van der Waals surface area contributed by atoms with Crippen LogP contribution in [0.2, 0.25) is 10.0 Å². The Morgan fingerprint density at radius 3 is 2.59 bits per heavy atom. The second-order valence-electron chi connectivity index (χ2n) is 5.12. The maximum Gasteiger partial charge on any atom is 0.407 e. The fourth-order valence-corrected chi connectivity index (χ4v) is 2.88. The summed E-state index contributed by atoms with van der Waals surface area (Å²) in [4.78, 5) is 27.4. The van der Waals surface area contributed by atoms with Crippen LogP contribution in [0.5, 0.6) is 0 Å². The van der Waals surface area contributed by atoms with Crippen LogP contribution < -0.4 is 5.32 Å². The Morgan fingerprint density at radius 2 is 2.09 bits per heavy atom. The van der Waals surface area contributed by atoms with E-state index >= 15 is 0 Å². The molecule has 0 aromatic carbocycles. The van der Waals surface area contributed by atoms with E-state index in [0.717, 1.165) is 0 Å². The number of aromatic amines is 1. The average Bonchev–Trinajstić information content (AvgIpc) is 2.75. The lowest BCUT2D eigenvalue weighted by molar-refractivity contribution is 0.0101. The van der Waals surface area contributed by atoms with Gasteiger partial charge in [0.05, 0.1) is 28.7 Å². The summed E-state index contributed by atoms with van der Waals surface area (Å²) in [6.07, 6.45) is -0.956. The summed E-state index contributed by atoms with van der Waals surface area (Å²) in [5.41, 5.74) is 0.806. The predicted octanol–water partition coefficient (Wildman–Crippen LogP) is 2.13. The summed E-state index contributed by atoms with van der Waals surface area (Å²) >= 11 is 12.0. The Labute approximate surface area is 137 Å². The van der Waals surface area contributed by atoms with Crippen LogP contribution in [0.15, 0.2) is 0 Å². The number of carbonyl (C=O) groups is 2. The minimum atomic E-state index is -0.998. The maximum absolute atomic E-state index is 12.3. The van der Waals surface area contributed by atoms with E-state index < -0.39 is 18.1 Å². The zero-order valence-electron chi connectivity index (χ0n) is 12.2. The van der Waals surface area contributed by atoms with E-state index in [9.17, 15) is 9.59 Å². The highest BCUT2D eigenvalue weighted by Crippen LogP contribution is 2.29. The molecule has 2 heterocycles. The first-order valence-electron chi connectivity index (χ1n) is 6.70. The first-order valence-corrected chi connectivity index (χ1v) is 7.45. The van der Waals surface area contributed by atoms with Gasteiger partial charge in [0.15, 0.2) is 0 Å². The van der Waals surface area contributed by atoms with Crippen LogP contribution in [0, 0.1) is 6.92 Å². The standard InChI is InChI=1S/C13H17Cl2N3O4/c1-6-9(14)10(15)11(16-6)12(19)17-7-3-4-18(13(20)21)5-8(7)22-2/h7-8,16H,3-5H2,1-2H3,(H,17,19)(H,20,21)/t7-,8+/m0/s1. The number of rotatable bonds is 3. The van der Waals surface area contributed by atoms with Gasteiger partial charge in [0.25, 0.3) is 5.91 Å². The number of H-pyrrole nitrogens is 1. The summed E-state index contributed by atoms with van der Waals surface area (Å²) in [6, 6.07) is -0.299. The highest BCUT2D eigenvalue weighted by molar-refractivity contribution is 6.44. The number of methoxy groups -OCH3 is 1. The van der Waals surface area contributed by atoms with Gasteiger partial charge in [-0.25, -0.2) is 4.79 Å². The SMILES string of the molecule is CO[C@@H]1CN(C(=O)O)CC[C@@H]1NC(=O)c1[nH]c(C)c(Cl)c1Cl. The number of aryl methyl sites for hydroxylation is 1. The molecule has 1 aliphatic heterocycles. The molecule has 1 fully saturated rings. The molecule has 0 saturated carbocycles. The van der Waals surface area contributed by atoms with E-state index in [1.165, 1.54) is 12.0 Å². The Hall–Kier alpha value is -1.44. The average molecular weight is 350 g/mol. The number of likely N-dealkylation sites (tertiary alicyclic amines) is 1. The summed E-state index contributed by atoms with van der Waals surface area (Å²) < 4.78 is 5.29. The van der Waals surface area contributed by atoms with Gasteiger partial charge in [-0.3, -0.25) is 4.79 Å². The lowest BCUT2D eigenvalue weighted by Crippen LogP contribution is -2.55. The molecule has 2 rings (SSSR count). The lowest BCUT2D eigenvalue weighted by atomic mass is 10.0. The molecule has 3 N–H and O–H groups in total. The molecule has 7 nitrogen and oxygen atoms in total. The molecular weight excluding hydrogens is 333 g/mol. The smallest absolute Gasteiger partial charge is 0.407 e. The molecule has 22 heavy (non-hydrogen) atoms. The van der Waals surface area contributed by atoms with Crippen molar-refractivity contribution in [3.8, 4) is 0 Å². The number of ether oxygens (including phenoxy) is 1. The van der Waals surface area contributed by atoms with Gasteiger partial charge < -0.3 is 25.0 Å². The van der Waals surface area contributed by atoms with Crippen LogP contribution in [0.1, 0.15) is 22.6 Å². The molecule has 9 heteroatoms. The Balaban J connectivity index is 2.07. The summed E-state index contributed by atoms with van der Waals surface area (Å²) in [5, 5.41) is 12.3. The molecule has 1 aromatic heterocycles. The third-order valence-electron chi connectivity index (χ3n) is 3.73. The molecule has 2 amide bonds. The van der Waals surface area contributed by atoms with Crippen molar-refractivity contribution in [3.05, 3.63) is 21.4 Å². The summed E-state index contributed by atoms with van der Waals surface area (Å²) in [7, 11) is 1.48. The van der Waals surface area contributed by atoms with Crippen molar-refractivity contribution in [2.45, 2.75) is 25.5 Å². The first-order chi connectivity index (χ1) is 10.3. The first kappa shape index (κ1) is 16.9. The monoisotopic (exact) mass is 349 g/mol. The largest absolute Gasteiger partial charge is 0.465 e. The molecule has 0 radical (unpaired) electrons. The molecule has 1 saturated heterocycles. The number of aromatic nitrogens is 1. The van der Waals surface area contributed by atoms with Gasteiger partial charge in [-0.2, -0.15) is 0 Å².